The number of carbonyl (C=O) groups is 1. The molecule has 3 rings (SSSR count). The van der Waals surface area contributed by atoms with Crippen LogP contribution in [0.5, 0.6) is 0 Å². The summed E-state index contributed by atoms with van der Waals surface area (Å²) in [5.41, 5.74) is 1.66. The Hall–Kier alpha value is -1.16. The highest BCUT2D eigenvalue weighted by molar-refractivity contribution is 9.10. The van der Waals surface area contributed by atoms with E-state index in [0.717, 1.165) is 10.0 Å². The minimum absolute atomic E-state index is 0.00425. The molecule has 0 saturated carbocycles. The molecule has 4 heteroatoms. The summed E-state index contributed by atoms with van der Waals surface area (Å²) in [4.78, 5) is 12.2. The first-order chi connectivity index (χ1) is 9.15. The number of rotatable bonds is 3. The molecule has 2 nitrogen and oxygen atoms in total. The monoisotopic (exact) mass is 336 g/mol. The Labute approximate surface area is 124 Å². The number of halogens is 2. The van der Waals surface area contributed by atoms with Crippen LogP contribution in [0.1, 0.15) is 22.0 Å². The lowest BCUT2D eigenvalue weighted by atomic mass is 10.0. The molecule has 1 heterocycles. The molecule has 0 amide bonds. The molecule has 0 aliphatic carbocycles. The topological polar surface area (TPSA) is 29.6 Å². The minimum atomic E-state index is -0.373. The Morgan fingerprint density at radius 1 is 1.05 bits per heavy atom. The molecule has 19 heavy (non-hydrogen) atoms. The maximum Gasteiger partial charge on any atom is 0.194 e. The molecule has 1 fully saturated rings. The fraction of sp³-hybridized carbons (Fsp3) is 0.133. The predicted molar refractivity (Wildman–Crippen MR) is 77.5 cm³/mol. The summed E-state index contributed by atoms with van der Waals surface area (Å²) in [7, 11) is 0. The van der Waals surface area contributed by atoms with Crippen LogP contribution >= 0.6 is 27.5 Å². The van der Waals surface area contributed by atoms with E-state index in [1.165, 1.54) is 0 Å². The number of epoxide rings is 1. The normalized spacial score (nSPS) is 21.2. The lowest BCUT2D eigenvalue weighted by molar-refractivity contribution is 0.0953. The third-order valence-electron chi connectivity index (χ3n) is 3.08. The summed E-state index contributed by atoms with van der Waals surface area (Å²) in [6, 6.07) is 14.7. The van der Waals surface area contributed by atoms with Crippen molar-refractivity contribution in [3.05, 3.63) is 69.2 Å². The second kappa shape index (κ2) is 5.08. The quantitative estimate of drug-likeness (QED) is 0.613. The molecular weight excluding hydrogens is 328 g/mol. The Morgan fingerprint density at radius 3 is 2.32 bits per heavy atom. The van der Waals surface area contributed by atoms with Crippen LogP contribution in [0.3, 0.4) is 0 Å². The molecule has 1 aliphatic heterocycles. The van der Waals surface area contributed by atoms with Gasteiger partial charge < -0.3 is 4.74 Å². The van der Waals surface area contributed by atoms with Crippen molar-refractivity contribution in [1.29, 1.82) is 0 Å². The van der Waals surface area contributed by atoms with Crippen molar-refractivity contribution in [3.63, 3.8) is 0 Å². The summed E-state index contributed by atoms with van der Waals surface area (Å²) in [6.45, 7) is 0. The largest absolute Gasteiger partial charge is 0.356 e. The van der Waals surface area contributed by atoms with Gasteiger partial charge in [0.1, 0.15) is 6.10 Å². The van der Waals surface area contributed by atoms with E-state index in [9.17, 15) is 4.79 Å². The van der Waals surface area contributed by atoms with Gasteiger partial charge in [-0.3, -0.25) is 4.79 Å². The van der Waals surface area contributed by atoms with Gasteiger partial charge in [-0.05, 0) is 42.0 Å². The van der Waals surface area contributed by atoms with E-state index in [2.05, 4.69) is 15.9 Å². The Bertz CT molecular complexity index is 607. The van der Waals surface area contributed by atoms with Crippen molar-refractivity contribution < 1.29 is 9.53 Å². The van der Waals surface area contributed by atoms with Crippen molar-refractivity contribution in [1.82, 2.24) is 0 Å². The number of Topliss-reactive ketones (excluding diaryl/α,β-unsaturated/α-hetero) is 1. The lowest BCUT2D eigenvalue weighted by Gasteiger charge is -1.98. The first-order valence-corrected chi connectivity index (χ1v) is 7.03. The first-order valence-electron chi connectivity index (χ1n) is 5.86. The first kappa shape index (κ1) is 12.9. The van der Waals surface area contributed by atoms with Crippen LogP contribution in [-0.2, 0) is 4.74 Å². The average molecular weight is 338 g/mol. The highest BCUT2D eigenvalue weighted by Crippen LogP contribution is 2.40. The van der Waals surface area contributed by atoms with Gasteiger partial charge >= 0.3 is 0 Å². The molecule has 2 atom stereocenters. The van der Waals surface area contributed by atoms with Crippen molar-refractivity contribution in [3.8, 4) is 0 Å². The Kier molecular flexibility index (Phi) is 3.44. The van der Waals surface area contributed by atoms with Gasteiger partial charge in [0.15, 0.2) is 11.9 Å². The Balaban J connectivity index is 1.74. The second-order valence-corrected chi connectivity index (χ2v) is 5.75. The van der Waals surface area contributed by atoms with Gasteiger partial charge in [0, 0.05) is 15.1 Å². The van der Waals surface area contributed by atoms with E-state index in [4.69, 9.17) is 16.3 Å². The van der Waals surface area contributed by atoms with Crippen LogP contribution in [0.4, 0.5) is 0 Å². The fourth-order valence-corrected chi connectivity index (χ4v) is 2.39. The van der Waals surface area contributed by atoms with Crippen LogP contribution in [0.25, 0.3) is 0 Å². The third kappa shape index (κ3) is 2.73. The Morgan fingerprint density at radius 2 is 1.68 bits per heavy atom. The maximum absolute atomic E-state index is 12.2. The van der Waals surface area contributed by atoms with Gasteiger partial charge in [0.2, 0.25) is 0 Å². The molecule has 0 bridgehead atoms. The van der Waals surface area contributed by atoms with E-state index in [1.807, 2.05) is 24.3 Å². The zero-order valence-corrected chi connectivity index (χ0v) is 12.2. The molecular formula is C15H10BrClO2. The highest BCUT2D eigenvalue weighted by Gasteiger charge is 2.46. The smallest absolute Gasteiger partial charge is 0.194 e. The molecule has 96 valence electrons. The molecule has 0 radical (unpaired) electrons. The molecule has 2 aromatic carbocycles. The number of benzene rings is 2. The van der Waals surface area contributed by atoms with Crippen molar-refractivity contribution >= 4 is 33.3 Å². The van der Waals surface area contributed by atoms with Crippen molar-refractivity contribution in [2.45, 2.75) is 12.2 Å². The molecule has 2 unspecified atom stereocenters. The van der Waals surface area contributed by atoms with Crippen LogP contribution in [-0.4, -0.2) is 11.9 Å². The molecule has 0 spiro atoms. The number of hydrogen-bond donors (Lipinski definition) is 0. The van der Waals surface area contributed by atoms with Gasteiger partial charge in [0.05, 0.1) is 0 Å². The standard InChI is InChI=1S/C15H10BrClO2/c16-11-5-1-10(2-6-11)14-15(19-14)13(18)9-3-7-12(17)8-4-9/h1-8,14-15H. The summed E-state index contributed by atoms with van der Waals surface area (Å²) in [5.74, 6) is 0.00425. The number of ketones is 1. The van der Waals surface area contributed by atoms with Gasteiger partial charge in [-0.25, -0.2) is 0 Å². The van der Waals surface area contributed by atoms with Crippen LogP contribution in [0, 0.1) is 0 Å². The summed E-state index contributed by atoms with van der Waals surface area (Å²) < 4.78 is 6.50. The van der Waals surface area contributed by atoms with Crippen molar-refractivity contribution in [2.24, 2.45) is 0 Å². The van der Waals surface area contributed by atoms with E-state index in [1.54, 1.807) is 24.3 Å². The predicted octanol–water partition coefficient (Wildman–Crippen LogP) is 4.43. The second-order valence-electron chi connectivity index (χ2n) is 4.40. The van der Waals surface area contributed by atoms with Crippen LogP contribution in [0.15, 0.2) is 53.0 Å². The lowest BCUT2D eigenvalue weighted by Crippen LogP contribution is -2.07. The molecule has 0 aromatic heterocycles. The van der Waals surface area contributed by atoms with E-state index < -0.39 is 0 Å². The third-order valence-corrected chi connectivity index (χ3v) is 3.86. The SMILES string of the molecule is O=C(c1ccc(Cl)cc1)C1OC1c1ccc(Br)cc1. The van der Waals surface area contributed by atoms with Crippen molar-refractivity contribution in [2.75, 3.05) is 0 Å². The van der Waals surface area contributed by atoms with Gasteiger partial charge in [-0.15, -0.1) is 0 Å². The minimum Gasteiger partial charge on any atom is -0.356 e. The molecule has 1 saturated heterocycles. The van der Waals surface area contributed by atoms with Crippen LogP contribution in [0.2, 0.25) is 5.02 Å². The molecule has 1 aliphatic rings. The van der Waals surface area contributed by atoms with E-state index >= 15 is 0 Å². The van der Waals surface area contributed by atoms with Crippen LogP contribution < -0.4 is 0 Å². The van der Waals surface area contributed by atoms with Gasteiger partial charge in [-0.1, -0.05) is 39.7 Å². The zero-order valence-electron chi connectivity index (χ0n) is 9.85. The number of carbonyl (C=O) groups excluding carboxylic acids is 1. The van der Waals surface area contributed by atoms with E-state index in [0.29, 0.717) is 10.6 Å². The van der Waals surface area contributed by atoms with E-state index in [-0.39, 0.29) is 18.0 Å². The fourth-order valence-electron chi connectivity index (χ4n) is 2.00. The summed E-state index contributed by atoms with van der Waals surface area (Å²) in [6.07, 6.45) is -0.501. The number of ether oxygens (including phenoxy) is 1. The average Bonchev–Trinajstić information content (AvgIpc) is 3.20. The van der Waals surface area contributed by atoms with Gasteiger partial charge in [-0.2, -0.15) is 0 Å². The zero-order chi connectivity index (χ0) is 13.4. The molecule has 2 aromatic rings. The summed E-state index contributed by atoms with van der Waals surface area (Å²) >= 11 is 9.19. The van der Waals surface area contributed by atoms with Gasteiger partial charge in [0.25, 0.3) is 0 Å². The number of hydrogen-bond acceptors (Lipinski definition) is 2. The maximum atomic E-state index is 12.2. The highest BCUT2D eigenvalue weighted by atomic mass is 79.9. The summed E-state index contributed by atoms with van der Waals surface area (Å²) in [5, 5.41) is 0.623. The molecule has 0 N–H and O–H groups in total.